The third kappa shape index (κ3) is 1.27. The van der Waals surface area contributed by atoms with Crippen molar-refractivity contribution in [3.63, 3.8) is 0 Å². The highest BCUT2D eigenvalue weighted by Crippen LogP contribution is 2.19. The summed E-state index contributed by atoms with van der Waals surface area (Å²) in [5.74, 6) is 0.251. The molecule has 1 saturated heterocycles. The molecule has 0 aliphatic carbocycles. The maximum absolute atomic E-state index is 10.9. The molecule has 10 heavy (non-hydrogen) atoms. The van der Waals surface area contributed by atoms with Gasteiger partial charge in [0.15, 0.2) is 0 Å². The van der Waals surface area contributed by atoms with Crippen molar-refractivity contribution in [2.24, 2.45) is 0 Å². The Balaban J connectivity index is 2.63. The summed E-state index contributed by atoms with van der Waals surface area (Å²) in [7, 11) is 1.96. The fourth-order valence-corrected chi connectivity index (χ4v) is 1.41. The monoisotopic (exact) mass is 139 g/mol. The predicted molar refractivity (Wildman–Crippen MR) is 40.9 cm³/mol. The fraction of sp³-hybridized carbons (Fsp3) is 0.625. The highest BCUT2D eigenvalue weighted by Gasteiger charge is 2.26. The molecule has 0 spiro atoms. The van der Waals surface area contributed by atoms with Crippen LogP contribution in [0.15, 0.2) is 12.2 Å². The summed E-state index contributed by atoms with van der Waals surface area (Å²) in [4.78, 5) is 13.0. The quantitative estimate of drug-likeness (QED) is 0.502. The molecule has 0 saturated carbocycles. The number of likely N-dealkylation sites (N-methyl/N-ethyl adjacent to an activating group) is 1. The zero-order chi connectivity index (χ0) is 7.72. The van der Waals surface area contributed by atoms with Gasteiger partial charge in [-0.15, -0.1) is 0 Å². The van der Waals surface area contributed by atoms with Gasteiger partial charge in [0.05, 0.1) is 6.04 Å². The topological polar surface area (TPSA) is 20.3 Å². The smallest absolute Gasteiger partial charge is 0.147 e. The molecule has 0 amide bonds. The summed E-state index contributed by atoms with van der Waals surface area (Å²) in [6.07, 6.45) is 0.853. The van der Waals surface area contributed by atoms with Gasteiger partial charge in [-0.05, 0) is 20.4 Å². The van der Waals surface area contributed by atoms with Gasteiger partial charge in [-0.3, -0.25) is 9.69 Å². The van der Waals surface area contributed by atoms with Crippen molar-refractivity contribution in [3.8, 4) is 0 Å². The van der Waals surface area contributed by atoms with Crippen molar-refractivity contribution >= 4 is 5.78 Å². The van der Waals surface area contributed by atoms with E-state index < -0.39 is 0 Å². The molecule has 1 rings (SSSR count). The van der Waals surface area contributed by atoms with Crippen LogP contribution in [0, 0.1) is 0 Å². The molecule has 1 heterocycles. The summed E-state index contributed by atoms with van der Waals surface area (Å²) >= 11 is 0. The van der Waals surface area contributed by atoms with Gasteiger partial charge < -0.3 is 0 Å². The molecule has 2 heteroatoms. The number of likely N-dealkylation sites (tertiary alicyclic amines) is 1. The number of hydrogen-bond acceptors (Lipinski definition) is 2. The van der Waals surface area contributed by atoms with Gasteiger partial charge in [0.25, 0.3) is 0 Å². The SMILES string of the molecule is C=C1CC(C(C)=O)N(C)C1. The van der Waals surface area contributed by atoms with Crippen LogP contribution >= 0.6 is 0 Å². The molecule has 0 radical (unpaired) electrons. The second-order valence-electron chi connectivity index (χ2n) is 3.00. The lowest BCUT2D eigenvalue weighted by atomic mass is 10.1. The maximum Gasteiger partial charge on any atom is 0.147 e. The summed E-state index contributed by atoms with van der Waals surface area (Å²) in [6, 6.07) is 0.104. The number of Topliss-reactive ketones (excluding diaryl/α,β-unsaturated/α-hetero) is 1. The van der Waals surface area contributed by atoms with E-state index in [-0.39, 0.29) is 11.8 Å². The molecular formula is C8H13NO. The minimum atomic E-state index is 0.104. The summed E-state index contributed by atoms with van der Waals surface area (Å²) in [6.45, 7) is 6.36. The van der Waals surface area contributed by atoms with Crippen LogP contribution in [0.5, 0.6) is 0 Å². The number of carbonyl (C=O) groups is 1. The van der Waals surface area contributed by atoms with Crippen molar-refractivity contribution in [3.05, 3.63) is 12.2 Å². The average Bonchev–Trinajstić information content (AvgIpc) is 2.10. The van der Waals surface area contributed by atoms with Crippen molar-refractivity contribution in [2.75, 3.05) is 13.6 Å². The van der Waals surface area contributed by atoms with E-state index in [4.69, 9.17) is 0 Å². The number of rotatable bonds is 1. The van der Waals surface area contributed by atoms with E-state index in [1.54, 1.807) is 6.92 Å². The van der Waals surface area contributed by atoms with Crippen molar-refractivity contribution < 1.29 is 4.79 Å². The standard InChI is InChI=1S/C8H13NO/c1-6-4-8(7(2)10)9(3)5-6/h8H,1,4-5H2,2-3H3. The van der Waals surface area contributed by atoms with Crippen LogP contribution in [0.25, 0.3) is 0 Å². The highest BCUT2D eigenvalue weighted by atomic mass is 16.1. The Hall–Kier alpha value is -0.630. The van der Waals surface area contributed by atoms with E-state index in [1.165, 1.54) is 5.57 Å². The van der Waals surface area contributed by atoms with Crippen molar-refractivity contribution in [1.29, 1.82) is 0 Å². The molecule has 0 bridgehead atoms. The number of nitrogens with zero attached hydrogens (tertiary/aromatic N) is 1. The van der Waals surface area contributed by atoms with Crippen LogP contribution in [0.2, 0.25) is 0 Å². The molecule has 2 nitrogen and oxygen atoms in total. The van der Waals surface area contributed by atoms with Gasteiger partial charge in [-0.25, -0.2) is 0 Å². The first-order valence-corrected chi connectivity index (χ1v) is 3.48. The number of hydrogen-bond donors (Lipinski definition) is 0. The lowest BCUT2D eigenvalue weighted by Gasteiger charge is -2.14. The zero-order valence-electron chi connectivity index (χ0n) is 6.55. The summed E-state index contributed by atoms with van der Waals surface area (Å²) in [5.41, 5.74) is 1.17. The van der Waals surface area contributed by atoms with Crippen molar-refractivity contribution in [2.45, 2.75) is 19.4 Å². The van der Waals surface area contributed by atoms with Gasteiger partial charge in [0, 0.05) is 6.54 Å². The summed E-state index contributed by atoms with van der Waals surface area (Å²) < 4.78 is 0. The molecule has 1 unspecified atom stereocenters. The van der Waals surface area contributed by atoms with Gasteiger partial charge in [0.1, 0.15) is 5.78 Å². The minimum absolute atomic E-state index is 0.104. The number of ketones is 1. The fourth-order valence-electron chi connectivity index (χ4n) is 1.41. The second-order valence-corrected chi connectivity index (χ2v) is 3.00. The molecule has 56 valence electrons. The first-order chi connectivity index (χ1) is 4.61. The number of carbonyl (C=O) groups excluding carboxylic acids is 1. The van der Waals surface area contributed by atoms with Crippen LogP contribution in [0.3, 0.4) is 0 Å². The van der Waals surface area contributed by atoms with Crippen LogP contribution in [0.4, 0.5) is 0 Å². The largest absolute Gasteiger partial charge is 0.298 e. The van der Waals surface area contributed by atoms with E-state index in [0.717, 1.165) is 13.0 Å². The minimum Gasteiger partial charge on any atom is -0.298 e. The maximum atomic E-state index is 10.9. The van der Waals surface area contributed by atoms with E-state index in [1.807, 2.05) is 11.9 Å². The van der Waals surface area contributed by atoms with E-state index in [2.05, 4.69) is 6.58 Å². The van der Waals surface area contributed by atoms with Gasteiger partial charge >= 0.3 is 0 Å². The molecule has 1 fully saturated rings. The average molecular weight is 139 g/mol. The molecule has 1 atom stereocenters. The van der Waals surface area contributed by atoms with E-state index >= 15 is 0 Å². The Kier molecular flexibility index (Phi) is 1.90. The first-order valence-electron chi connectivity index (χ1n) is 3.48. The molecule has 0 N–H and O–H groups in total. The van der Waals surface area contributed by atoms with Crippen molar-refractivity contribution in [1.82, 2.24) is 4.90 Å². The Morgan fingerprint density at radius 2 is 2.40 bits per heavy atom. The molecule has 0 aromatic heterocycles. The molecule has 0 aromatic carbocycles. The normalized spacial score (nSPS) is 27.4. The lowest BCUT2D eigenvalue weighted by Crippen LogP contribution is -2.30. The van der Waals surface area contributed by atoms with E-state index in [0.29, 0.717) is 0 Å². The van der Waals surface area contributed by atoms with Gasteiger partial charge in [-0.1, -0.05) is 12.2 Å². The second kappa shape index (κ2) is 2.54. The Morgan fingerprint density at radius 1 is 1.80 bits per heavy atom. The van der Waals surface area contributed by atoms with Gasteiger partial charge in [0.2, 0.25) is 0 Å². The summed E-state index contributed by atoms with van der Waals surface area (Å²) in [5, 5.41) is 0. The third-order valence-electron chi connectivity index (χ3n) is 1.96. The van der Waals surface area contributed by atoms with Crippen LogP contribution in [-0.4, -0.2) is 30.3 Å². The highest BCUT2D eigenvalue weighted by molar-refractivity contribution is 5.82. The zero-order valence-corrected chi connectivity index (χ0v) is 6.55. The first kappa shape index (κ1) is 7.48. The predicted octanol–water partition coefficient (Wildman–Crippen LogP) is 0.836. The molecule has 0 aromatic rings. The van der Waals surface area contributed by atoms with Crippen LogP contribution in [0.1, 0.15) is 13.3 Å². The Morgan fingerprint density at radius 3 is 2.60 bits per heavy atom. The van der Waals surface area contributed by atoms with E-state index in [9.17, 15) is 4.79 Å². The molecule has 1 aliphatic heterocycles. The molecule has 1 aliphatic rings. The van der Waals surface area contributed by atoms with Crippen LogP contribution < -0.4 is 0 Å². The van der Waals surface area contributed by atoms with Gasteiger partial charge in [-0.2, -0.15) is 0 Å². The third-order valence-corrected chi connectivity index (χ3v) is 1.96. The Labute approximate surface area is 61.5 Å². The Bertz CT molecular complexity index is 174. The lowest BCUT2D eigenvalue weighted by molar-refractivity contribution is -0.120. The van der Waals surface area contributed by atoms with Crippen LogP contribution in [-0.2, 0) is 4.79 Å². The molecular weight excluding hydrogens is 126 g/mol.